The molecule has 0 saturated carbocycles. The molecule has 1 rings (SSSR count). The first-order chi connectivity index (χ1) is 7.93. The molecule has 5 heteroatoms. The molecule has 0 bridgehead atoms. The lowest BCUT2D eigenvalue weighted by atomic mass is 10.0. The molecule has 1 aromatic carbocycles. The topological polar surface area (TPSA) is 43.1 Å². The molecule has 0 fully saturated rings. The van der Waals surface area contributed by atoms with Gasteiger partial charge in [-0.25, -0.2) is 0 Å². The molecule has 0 N–H and O–H groups in total. The van der Waals surface area contributed by atoms with Gasteiger partial charge in [0, 0.05) is 11.4 Å². The highest BCUT2D eigenvalue weighted by molar-refractivity contribution is 6.20. The van der Waals surface area contributed by atoms with Crippen molar-refractivity contribution in [2.45, 2.75) is 32.1 Å². The van der Waals surface area contributed by atoms with Crippen molar-refractivity contribution in [2.75, 3.05) is 0 Å². The minimum atomic E-state index is -0.745. The van der Waals surface area contributed by atoms with Crippen molar-refractivity contribution < 1.29 is 9.31 Å². The molecule has 0 aromatic heterocycles. The number of hydrogen-bond acceptors (Lipinski definition) is 2. The van der Waals surface area contributed by atoms with Gasteiger partial charge in [0.15, 0.2) is 0 Å². The van der Waals surface area contributed by atoms with Gasteiger partial charge in [-0.1, -0.05) is 26.0 Å². The molecule has 1 atom stereocenters. The van der Waals surface area contributed by atoms with Crippen molar-refractivity contribution in [3.8, 4) is 0 Å². The van der Waals surface area contributed by atoms with Gasteiger partial charge in [0.05, 0.1) is 4.92 Å². The summed E-state index contributed by atoms with van der Waals surface area (Å²) in [6.07, 6.45) is 1.02. The molecule has 17 heavy (non-hydrogen) atoms. The normalized spacial score (nSPS) is 12.8. The standard InChI is InChI=1S/C12H15ClFNO2/c1-8(2)10(13)7-6-9-4-3-5-11(12(9)14)15(16)17/h3-5,8,10H,6-7H2,1-2H3. The highest BCUT2D eigenvalue weighted by atomic mass is 35.5. The molecule has 3 nitrogen and oxygen atoms in total. The lowest BCUT2D eigenvalue weighted by molar-refractivity contribution is -0.387. The van der Waals surface area contributed by atoms with Gasteiger partial charge >= 0.3 is 5.69 Å². The number of halogens is 2. The van der Waals surface area contributed by atoms with Crippen LogP contribution in [-0.2, 0) is 6.42 Å². The van der Waals surface area contributed by atoms with Crippen molar-refractivity contribution in [1.29, 1.82) is 0 Å². The number of nitrogens with zero attached hydrogens (tertiary/aromatic N) is 1. The fourth-order valence-corrected chi connectivity index (χ4v) is 1.64. The predicted molar refractivity (Wildman–Crippen MR) is 65.9 cm³/mol. The van der Waals surface area contributed by atoms with Crippen LogP contribution in [0.3, 0.4) is 0 Å². The van der Waals surface area contributed by atoms with Crippen LogP contribution >= 0.6 is 11.6 Å². The summed E-state index contributed by atoms with van der Waals surface area (Å²) in [5.74, 6) is -0.441. The van der Waals surface area contributed by atoms with E-state index in [1.54, 1.807) is 6.07 Å². The SMILES string of the molecule is CC(C)C(Cl)CCc1cccc([N+](=O)[O-])c1F. The van der Waals surface area contributed by atoms with E-state index >= 15 is 0 Å². The van der Waals surface area contributed by atoms with Crippen LogP contribution in [0.2, 0.25) is 0 Å². The zero-order valence-electron chi connectivity index (χ0n) is 9.82. The molecule has 0 saturated heterocycles. The molecule has 0 amide bonds. The molecule has 0 aliphatic rings. The maximum absolute atomic E-state index is 13.7. The highest BCUT2D eigenvalue weighted by Gasteiger charge is 2.18. The van der Waals surface area contributed by atoms with Gasteiger partial charge in [-0.3, -0.25) is 10.1 Å². The minimum Gasteiger partial charge on any atom is -0.258 e. The van der Waals surface area contributed by atoms with Crippen molar-refractivity contribution in [3.63, 3.8) is 0 Å². The number of alkyl halides is 1. The second kappa shape index (κ2) is 5.96. The predicted octanol–water partition coefficient (Wildman–Crippen LogP) is 3.93. The van der Waals surface area contributed by atoms with E-state index in [-0.39, 0.29) is 5.38 Å². The Morgan fingerprint density at radius 1 is 1.47 bits per heavy atom. The number of hydrogen-bond donors (Lipinski definition) is 0. The molecule has 94 valence electrons. The molecular weight excluding hydrogens is 245 g/mol. The fraction of sp³-hybridized carbons (Fsp3) is 0.500. The van der Waals surface area contributed by atoms with Gasteiger partial charge in [-0.05, 0) is 24.3 Å². The van der Waals surface area contributed by atoms with E-state index in [0.717, 1.165) is 0 Å². The van der Waals surface area contributed by atoms with E-state index in [1.807, 2.05) is 13.8 Å². The summed E-state index contributed by atoms with van der Waals surface area (Å²) in [5, 5.41) is 10.5. The zero-order valence-corrected chi connectivity index (χ0v) is 10.6. The average molecular weight is 260 g/mol. The number of benzene rings is 1. The minimum absolute atomic E-state index is 0.0475. The second-order valence-electron chi connectivity index (χ2n) is 4.31. The van der Waals surface area contributed by atoms with Crippen LogP contribution in [0.4, 0.5) is 10.1 Å². The Morgan fingerprint density at radius 2 is 2.12 bits per heavy atom. The lowest BCUT2D eigenvalue weighted by Crippen LogP contribution is -2.09. The zero-order chi connectivity index (χ0) is 13.0. The molecule has 0 radical (unpaired) electrons. The van der Waals surface area contributed by atoms with Crippen LogP contribution in [0.15, 0.2) is 18.2 Å². The number of aryl methyl sites for hydroxylation is 1. The maximum atomic E-state index is 13.7. The van der Waals surface area contributed by atoms with Crippen LogP contribution < -0.4 is 0 Å². The van der Waals surface area contributed by atoms with Gasteiger partial charge in [-0.15, -0.1) is 11.6 Å². The summed E-state index contributed by atoms with van der Waals surface area (Å²) in [6.45, 7) is 3.98. The van der Waals surface area contributed by atoms with Crippen LogP contribution in [0.5, 0.6) is 0 Å². The third kappa shape index (κ3) is 3.66. The molecule has 0 aliphatic carbocycles. The summed E-state index contributed by atoms with van der Waals surface area (Å²) in [5.41, 5.74) is -0.122. The third-order valence-electron chi connectivity index (χ3n) is 2.67. The Balaban J connectivity index is 2.79. The number of nitro groups is 1. The summed E-state index contributed by atoms with van der Waals surface area (Å²) >= 11 is 6.06. The Labute approximate surface area is 105 Å². The van der Waals surface area contributed by atoms with Crippen LogP contribution in [0, 0.1) is 21.8 Å². The summed E-state index contributed by atoms with van der Waals surface area (Å²) in [7, 11) is 0. The number of rotatable bonds is 5. The summed E-state index contributed by atoms with van der Waals surface area (Å²) in [6, 6.07) is 4.22. The Kier molecular flexibility index (Phi) is 4.87. The van der Waals surface area contributed by atoms with Crippen molar-refractivity contribution in [2.24, 2.45) is 5.92 Å². The highest BCUT2D eigenvalue weighted by Crippen LogP contribution is 2.23. The first kappa shape index (κ1) is 13.9. The van der Waals surface area contributed by atoms with E-state index in [4.69, 9.17) is 11.6 Å². The summed E-state index contributed by atoms with van der Waals surface area (Å²) < 4.78 is 13.7. The van der Waals surface area contributed by atoms with E-state index in [0.29, 0.717) is 24.3 Å². The molecule has 0 heterocycles. The summed E-state index contributed by atoms with van der Waals surface area (Å²) in [4.78, 5) is 9.85. The van der Waals surface area contributed by atoms with E-state index < -0.39 is 16.4 Å². The monoisotopic (exact) mass is 259 g/mol. The van der Waals surface area contributed by atoms with Gasteiger partial charge in [0.25, 0.3) is 0 Å². The molecule has 0 spiro atoms. The Morgan fingerprint density at radius 3 is 2.65 bits per heavy atom. The Bertz CT molecular complexity index is 409. The molecular formula is C12H15ClFNO2. The van der Waals surface area contributed by atoms with Gasteiger partial charge in [-0.2, -0.15) is 4.39 Å². The fourth-order valence-electron chi connectivity index (χ4n) is 1.53. The lowest BCUT2D eigenvalue weighted by Gasteiger charge is -2.13. The van der Waals surface area contributed by atoms with Gasteiger partial charge in [0.1, 0.15) is 0 Å². The molecule has 1 unspecified atom stereocenters. The van der Waals surface area contributed by atoms with Crippen LogP contribution in [0.25, 0.3) is 0 Å². The Hall–Kier alpha value is -1.16. The van der Waals surface area contributed by atoms with Crippen molar-refractivity contribution >= 4 is 17.3 Å². The molecule has 0 aliphatic heterocycles. The quantitative estimate of drug-likeness (QED) is 0.457. The van der Waals surface area contributed by atoms with E-state index in [2.05, 4.69) is 0 Å². The number of nitro benzene ring substituents is 1. The van der Waals surface area contributed by atoms with Gasteiger partial charge in [0.2, 0.25) is 5.82 Å². The van der Waals surface area contributed by atoms with E-state index in [1.165, 1.54) is 12.1 Å². The van der Waals surface area contributed by atoms with Gasteiger partial charge < -0.3 is 0 Å². The molecule has 1 aromatic rings. The van der Waals surface area contributed by atoms with Crippen molar-refractivity contribution in [1.82, 2.24) is 0 Å². The second-order valence-corrected chi connectivity index (χ2v) is 4.87. The van der Waals surface area contributed by atoms with Crippen LogP contribution in [-0.4, -0.2) is 10.3 Å². The smallest absolute Gasteiger partial charge is 0.258 e. The maximum Gasteiger partial charge on any atom is 0.305 e. The first-order valence-corrected chi connectivity index (χ1v) is 5.93. The first-order valence-electron chi connectivity index (χ1n) is 5.49. The van der Waals surface area contributed by atoms with Crippen molar-refractivity contribution in [3.05, 3.63) is 39.7 Å². The third-order valence-corrected chi connectivity index (χ3v) is 3.39. The van der Waals surface area contributed by atoms with E-state index in [9.17, 15) is 14.5 Å². The van der Waals surface area contributed by atoms with Crippen LogP contribution in [0.1, 0.15) is 25.8 Å². The average Bonchev–Trinajstić information content (AvgIpc) is 2.26. The largest absolute Gasteiger partial charge is 0.305 e.